The summed E-state index contributed by atoms with van der Waals surface area (Å²) in [6.45, 7) is 8.28. The Morgan fingerprint density at radius 2 is 1.58 bits per heavy atom. The molecule has 3 saturated heterocycles. The minimum absolute atomic E-state index is 0.0405. The molecule has 60 heavy (non-hydrogen) atoms. The maximum Gasteiger partial charge on any atom is 0.407 e. The Hall–Kier alpha value is -5.88. The highest BCUT2D eigenvalue weighted by molar-refractivity contribution is 5.87. The van der Waals surface area contributed by atoms with Gasteiger partial charge >= 0.3 is 12.2 Å². The maximum atomic E-state index is 14.1. The van der Waals surface area contributed by atoms with Crippen LogP contribution in [0.1, 0.15) is 94.2 Å². The molecular formula is C45H54N8O7. The van der Waals surface area contributed by atoms with Gasteiger partial charge in [0.25, 0.3) is 0 Å². The molecule has 4 aliphatic rings. The normalized spacial score (nSPS) is 22.0. The van der Waals surface area contributed by atoms with E-state index in [1.807, 2.05) is 66.1 Å². The number of carbonyl (C=O) groups excluding carboxylic acids is 4. The number of alkyl carbamates (subject to hydrolysis) is 2. The molecule has 4 amide bonds. The molecule has 1 spiro atoms. The first-order valence-corrected chi connectivity index (χ1v) is 21.0. The van der Waals surface area contributed by atoms with Gasteiger partial charge in [0.15, 0.2) is 0 Å². The van der Waals surface area contributed by atoms with Crippen LogP contribution in [0.4, 0.5) is 9.59 Å². The van der Waals surface area contributed by atoms with Gasteiger partial charge in [0, 0.05) is 37.4 Å². The van der Waals surface area contributed by atoms with Crippen molar-refractivity contribution in [2.45, 2.75) is 83.5 Å². The van der Waals surface area contributed by atoms with Crippen LogP contribution in [0.15, 0.2) is 48.7 Å². The van der Waals surface area contributed by atoms with Crippen molar-refractivity contribution in [2.24, 2.45) is 23.2 Å². The largest absolute Gasteiger partial charge is 0.453 e. The average Bonchev–Trinajstić information content (AvgIpc) is 3.68. The number of ether oxygens (including phenoxy) is 3. The van der Waals surface area contributed by atoms with Crippen LogP contribution in [-0.4, -0.2) is 106 Å². The molecule has 0 unspecified atom stereocenters. The van der Waals surface area contributed by atoms with Gasteiger partial charge < -0.3 is 44.6 Å². The molecule has 3 aliphatic heterocycles. The molecule has 8 rings (SSSR count). The van der Waals surface area contributed by atoms with Crippen molar-refractivity contribution in [1.82, 2.24) is 40.4 Å². The molecule has 5 atom stereocenters. The van der Waals surface area contributed by atoms with Crippen LogP contribution >= 0.6 is 0 Å². The highest BCUT2D eigenvalue weighted by atomic mass is 16.5. The molecular weight excluding hydrogens is 765 g/mol. The molecule has 4 fully saturated rings. The summed E-state index contributed by atoms with van der Waals surface area (Å²) < 4.78 is 15.2. The van der Waals surface area contributed by atoms with Crippen molar-refractivity contribution >= 4 is 35.0 Å². The first kappa shape index (κ1) is 40.9. The molecule has 15 nitrogen and oxygen atoms in total. The summed E-state index contributed by atoms with van der Waals surface area (Å²) in [5.74, 6) is 7.88. The summed E-state index contributed by atoms with van der Waals surface area (Å²) >= 11 is 0. The number of methoxy groups -OCH3 is 2. The van der Waals surface area contributed by atoms with Crippen molar-refractivity contribution in [1.29, 1.82) is 0 Å². The third-order valence-corrected chi connectivity index (χ3v) is 12.7. The van der Waals surface area contributed by atoms with Crippen LogP contribution in [0.5, 0.6) is 0 Å². The molecule has 2 aromatic carbocycles. The lowest BCUT2D eigenvalue weighted by Gasteiger charge is -2.34. The van der Waals surface area contributed by atoms with Crippen molar-refractivity contribution in [2.75, 3.05) is 40.5 Å². The van der Waals surface area contributed by atoms with E-state index in [4.69, 9.17) is 24.2 Å². The number of aromatic amines is 2. The number of rotatable bonds is 9. The van der Waals surface area contributed by atoms with E-state index in [1.54, 1.807) is 6.20 Å². The van der Waals surface area contributed by atoms with E-state index in [9.17, 15) is 19.2 Å². The zero-order valence-corrected chi connectivity index (χ0v) is 34.9. The van der Waals surface area contributed by atoms with Gasteiger partial charge in [0.1, 0.15) is 23.7 Å². The van der Waals surface area contributed by atoms with Crippen molar-refractivity contribution in [3.8, 4) is 23.1 Å². The molecule has 316 valence electrons. The third kappa shape index (κ3) is 8.56. The SMILES string of the molecule is COC(=O)N[C@H](C(=O)N1CC2(CC2)C[C@H]1c1nc2ccc(C#Cc3ccc(-c4cnc([C@@H]5C[C@@H](C)CN5C(=O)[C@@H](NC(=O)OC)C5CCOCC5)[nH]4)cc3)cc2[nH]1)C(C)C. The van der Waals surface area contributed by atoms with Gasteiger partial charge in [-0.05, 0) is 97.6 Å². The average molecular weight is 819 g/mol. The lowest BCUT2D eigenvalue weighted by atomic mass is 9.90. The Bertz CT molecular complexity index is 2300. The first-order chi connectivity index (χ1) is 28.9. The van der Waals surface area contributed by atoms with Crippen molar-refractivity contribution in [3.05, 3.63) is 71.4 Å². The summed E-state index contributed by atoms with van der Waals surface area (Å²) in [7, 11) is 2.60. The molecule has 4 aromatic rings. The number of H-pyrrole nitrogens is 2. The van der Waals surface area contributed by atoms with Gasteiger partial charge in [-0.3, -0.25) is 9.59 Å². The van der Waals surface area contributed by atoms with Gasteiger partial charge in [-0.15, -0.1) is 0 Å². The highest BCUT2D eigenvalue weighted by Crippen LogP contribution is 2.58. The highest BCUT2D eigenvalue weighted by Gasteiger charge is 2.55. The predicted octanol–water partition coefficient (Wildman–Crippen LogP) is 5.85. The lowest BCUT2D eigenvalue weighted by molar-refractivity contribution is -0.137. The van der Waals surface area contributed by atoms with E-state index in [1.165, 1.54) is 14.2 Å². The lowest BCUT2D eigenvalue weighted by Crippen LogP contribution is -2.53. The van der Waals surface area contributed by atoms with Gasteiger partial charge in [0.05, 0.1) is 49.2 Å². The summed E-state index contributed by atoms with van der Waals surface area (Å²) in [6, 6.07) is 11.9. The molecule has 0 bridgehead atoms. The molecule has 0 radical (unpaired) electrons. The maximum absolute atomic E-state index is 14.1. The van der Waals surface area contributed by atoms with E-state index in [0.717, 1.165) is 64.9 Å². The smallest absolute Gasteiger partial charge is 0.407 e. The summed E-state index contributed by atoms with van der Waals surface area (Å²) in [5, 5.41) is 5.56. The quantitative estimate of drug-likeness (QED) is 0.151. The predicted molar refractivity (Wildman–Crippen MR) is 222 cm³/mol. The third-order valence-electron chi connectivity index (χ3n) is 12.7. The number of hydrogen-bond acceptors (Lipinski definition) is 9. The van der Waals surface area contributed by atoms with Crippen LogP contribution in [-0.2, 0) is 23.8 Å². The zero-order chi connectivity index (χ0) is 42.1. The summed E-state index contributed by atoms with van der Waals surface area (Å²) in [4.78, 5) is 72.7. The van der Waals surface area contributed by atoms with E-state index in [2.05, 4.69) is 39.4 Å². The number of likely N-dealkylation sites (tertiary alicyclic amines) is 2. The fourth-order valence-corrected chi connectivity index (χ4v) is 9.09. The summed E-state index contributed by atoms with van der Waals surface area (Å²) in [6.07, 6.45) is 5.66. The summed E-state index contributed by atoms with van der Waals surface area (Å²) in [5.41, 5.74) is 5.19. The second kappa shape index (κ2) is 17.0. The van der Waals surface area contributed by atoms with Gasteiger partial charge in [-0.25, -0.2) is 19.6 Å². The molecule has 2 aromatic heterocycles. The fraction of sp³-hybridized carbons (Fsp3) is 0.511. The van der Waals surface area contributed by atoms with Gasteiger partial charge in [-0.2, -0.15) is 0 Å². The van der Waals surface area contributed by atoms with Crippen molar-refractivity contribution in [3.63, 3.8) is 0 Å². The Morgan fingerprint density at radius 1 is 0.883 bits per heavy atom. The van der Waals surface area contributed by atoms with E-state index in [-0.39, 0.29) is 47.1 Å². The number of amides is 4. The second-order valence-corrected chi connectivity index (χ2v) is 17.3. The van der Waals surface area contributed by atoms with Gasteiger partial charge in [-0.1, -0.05) is 44.7 Å². The van der Waals surface area contributed by atoms with E-state index >= 15 is 0 Å². The zero-order valence-electron chi connectivity index (χ0n) is 34.9. The van der Waals surface area contributed by atoms with Crippen LogP contribution < -0.4 is 10.6 Å². The van der Waals surface area contributed by atoms with E-state index in [0.29, 0.717) is 45.0 Å². The Balaban J connectivity index is 0.949. The topological polar surface area (TPSA) is 184 Å². The number of fused-ring (bicyclic) bond motifs is 1. The monoisotopic (exact) mass is 818 g/mol. The van der Waals surface area contributed by atoms with Crippen LogP contribution in [0.2, 0.25) is 0 Å². The number of hydrogen-bond donors (Lipinski definition) is 4. The molecule has 1 aliphatic carbocycles. The number of nitrogens with one attached hydrogen (secondary N) is 4. The molecule has 5 heterocycles. The first-order valence-electron chi connectivity index (χ1n) is 21.0. The van der Waals surface area contributed by atoms with Crippen LogP contribution in [0.3, 0.4) is 0 Å². The molecule has 1 saturated carbocycles. The number of nitrogens with zero attached hydrogens (tertiary/aromatic N) is 4. The number of aromatic nitrogens is 4. The minimum Gasteiger partial charge on any atom is -0.453 e. The number of carbonyl (C=O) groups is 4. The Kier molecular flexibility index (Phi) is 11.6. The fourth-order valence-electron chi connectivity index (χ4n) is 9.09. The van der Waals surface area contributed by atoms with Crippen molar-refractivity contribution < 1.29 is 33.4 Å². The molecule has 15 heteroatoms. The standard InChI is InChI=1S/C45H54N8O7/c1-26(2)37(50-43(56)58-4)41(54)53-25-45(16-17-45)22-36(53)40-47-32-13-10-29(21-33(32)48-40)7-6-28-8-11-30(12-9-28)34-23-46-39(49-34)35-20-27(3)24-52(35)42(55)38(51-44(57)59-5)31-14-18-60-19-15-31/h8-13,21,23,26-27,31,35-38H,14-20,22,24-25H2,1-5H3,(H,46,49)(H,47,48)(H,50,56)(H,51,57)/t27-,35+,36+,37+,38+/m1/s1. The van der Waals surface area contributed by atoms with E-state index < -0.39 is 24.3 Å². The molecule has 4 N–H and O–H groups in total. The van der Waals surface area contributed by atoms with Gasteiger partial charge in [0.2, 0.25) is 11.8 Å². The minimum atomic E-state index is -0.701. The Labute approximate surface area is 349 Å². The second-order valence-electron chi connectivity index (χ2n) is 17.3. The van der Waals surface area contributed by atoms with Crippen LogP contribution in [0, 0.1) is 35.0 Å². The van der Waals surface area contributed by atoms with Crippen LogP contribution in [0.25, 0.3) is 22.3 Å². The Morgan fingerprint density at radius 3 is 2.28 bits per heavy atom. The number of benzene rings is 2. The number of imidazole rings is 2.